The SMILES string of the molecule is CO[C@H]1C(O[Si](C)(C)C(C)(C)C)[C@@H](CO)O[C@H]1n1cnc2c(C)ncnc21. The van der Waals surface area contributed by atoms with E-state index < -0.39 is 20.6 Å². The van der Waals surface area contributed by atoms with Crippen molar-refractivity contribution < 1.29 is 19.0 Å². The lowest BCUT2D eigenvalue weighted by molar-refractivity contribution is -0.0583. The molecule has 1 saturated heterocycles. The normalized spacial score (nSPS) is 26.8. The van der Waals surface area contributed by atoms with Crippen molar-refractivity contribution in [3.63, 3.8) is 0 Å². The number of hydrogen-bond donors (Lipinski definition) is 1. The first kappa shape index (κ1) is 20.3. The van der Waals surface area contributed by atoms with Crippen molar-refractivity contribution >= 4 is 19.5 Å². The van der Waals surface area contributed by atoms with E-state index in [1.807, 2.05) is 11.5 Å². The highest BCUT2D eigenvalue weighted by Crippen LogP contribution is 2.42. The van der Waals surface area contributed by atoms with Crippen LogP contribution in [0.5, 0.6) is 0 Å². The van der Waals surface area contributed by atoms with Crippen molar-refractivity contribution in [1.82, 2.24) is 19.5 Å². The van der Waals surface area contributed by atoms with Crippen LogP contribution in [0.4, 0.5) is 0 Å². The predicted octanol–water partition coefficient (Wildman–Crippen LogP) is 2.43. The highest BCUT2D eigenvalue weighted by Gasteiger charge is 2.51. The van der Waals surface area contributed by atoms with Crippen LogP contribution in [0, 0.1) is 6.92 Å². The molecule has 2 aromatic rings. The number of aliphatic hydroxyl groups excluding tert-OH is 1. The van der Waals surface area contributed by atoms with Crippen molar-refractivity contribution in [2.75, 3.05) is 13.7 Å². The third-order valence-corrected chi connectivity index (χ3v) is 10.3. The van der Waals surface area contributed by atoms with Crippen LogP contribution in [-0.2, 0) is 13.9 Å². The lowest BCUT2D eigenvalue weighted by atomic mass is 10.1. The van der Waals surface area contributed by atoms with Crippen LogP contribution in [0.15, 0.2) is 12.7 Å². The zero-order chi connectivity index (χ0) is 20.0. The summed E-state index contributed by atoms with van der Waals surface area (Å²) in [7, 11) is -0.444. The molecular formula is C18H30N4O4Si. The molecule has 8 nitrogen and oxygen atoms in total. The molecule has 1 fully saturated rings. The van der Waals surface area contributed by atoms with E-state index in [0.717, 1.165) is 11.2 Å². The molecule has 1 aliphatic heterocycles. The molecule has 0 bridgehead atoms. The van der Waals surface area contributed by atoms with Gasteiger partial charge in [-0.3, -0.25) is 4.57 Å². The van der Waals surface area contributed by atoms with Crippen molar-refractivity contribution in [3.8, 4) is 0 Å². The van der Waals surface area contributed by atoms with Gasteiger partial charge in [0.15, 0.2) is 20.2 Å². The van der Waals surface area contributed by atoms with Gasteiger partial charge < -0.3 is 19.0 Å². The molecular weight excluding hydrogens is 364 g/mol. The Hall–Kier alpha value is -1.39. The lowest BCUT2D eigenvalue weighted by Gasteiger charge is -2.40. The van der Waals surface area contributed by atoms with Gasteiger partial charge in [-0.15, -0.1) is 0 Å². The van der Waals surface area contributed by atoms with Crippen molar-refractivity contribution in [1.29, 1.82) is 0 Å². The molecule has 1 aliphatic rings. The van der Waals surface area contributed by atoms with Crippen LogP contribution in [0.3, 0.4) is 0 Å². The summed E-state index contributed by atoms with van der Waals surface area (Å²) in [6, 6.07) is 0. The molecule has 0 aliphatic carbocycles. The molecule has 0 amide bonds. The van der Waals surface area contributed by atoms with E-state index in [-0.39, 0.29) is 23.9 Å². The highest BCUT2D eigenvalue weighted by atomic mass is 28.4. The molecule has 0 radical (unpaired) electrons. The maximum atomic E-state index is 9.93. The molecule has 0 saturated carbocycles. The maximum Gasteiger partial charge on any atom is 0.192 e. The Kier molecular flexibility index (Phi) is 5.43. The van der Waals surface area contributed by atoms with Gasteiger partial charge in [0.1, 0.15) is 30.2 Å². The van der Waals surface area contributed by atoms with Crippen molar-refractivity contribution in [2.45, 2.75) is 70.4 Å². The Morgan fingerprint density at radius 1 is 1.22 bits per heavy atom. The molecule has 1 unspecified atom stereocenters. The zero-order valence-electron chi connectivity index (χ0n) is 17.1. The quantitative estimate of drug-likeness (QED) is 0.779. The molecule has 2 aromatic heterocycles. The maximum absolute atomic E-state index is 9.93. The zero-order valence-corrected chi connectivity index (χ0v) is 18.1. The van der Waals surface area contributed by atoms with Crippen LogP contribution in [-0.4, -0.2) is 65.0 Å². The molecule has 3 heterocycles. The van der Waals surface area contributed by atoms with Gasteiger partial charge in [0.05, 0.1) is 18.6 Å². The first-order valence-electron chi connectivity index (χ1n) is 9.22. The van der Waals surface area contributed by atoms with Crippen LogP contribution in [0.2, 0.25) is 18.1 Å². The average Bonchev–Trinajstić information content (AvgIpc) is 3.15. The Balaban J connectivity index is 1.97. The molecule has 27 heavy (non-hydrogen) atoms. The van der Waals surface area contributed by atoms with E-state index in [1.54, 1.807) is 13.4 Å². The third kappa shape index (κ3) is 3.54. The van der Waals surface area contributed by atoms with Gasteiger partial charge in [-0.2, -0.15) is 0 Å². The fraction of sp³-hybridized carbons (Fsp3) is 0.722. The number of methoxy groups -OCH3 is 1. The minimum absolute atomic E-state index is 0.0371. The summed E-state index contributed by atoms with van der Waals surface area (Å²) in [5.41, 5.74) is 2.21. The second-order valence-electron chi connectivity index (χ2n) is 8.57. The first-order chi connectivity index (χ1) is 12.6. The number of nitrogens with zero attached hydrogens (tertiary/aromatic N) is 4. The summed E-state index contributed by atoms with van der Waals surface area (Å²) in [5.74, 6) is 0. The fourth-order valence-corrected chi connectivity index (χ4v) is 4.46. The monoisotopic (exact) mass is 394 g/mol. The van der Waals surface area contributed by atoms with Crippen LogP contribution in [0.25, 0.3) is 11.2 Å². The summed E-state index contributed by atoms with van der Waals surface area (Å²) in [6.07, 6.45) is 1.48. The van der Waals surface area contributed by atoms with Gasteiger partial charge in [0.2, 0.25) is 0 Å². The van der Waals surface area contributed by atoms with Gasteiger partial charge in [0.25, 0.3) is 0 Å². The largest absolute Gasteiger partial charge is 0.408 e. The standard InChI is InChI=1S/C18H30N4O4Si/c1-11-13-16(20-9-19-11)22(10-21-13)17-15(24-5)14(12(8-23)25-17)26-27(6,7)18(2,3)4/h9-10,12,14-15,17,23H,8H2,1-7H3/t12-,14?,15+,17-/m1/s1. The second kappa shape index (κ2) is 7.21. The van der Waals surface area contributed by atoms with Gasteiger partial charge in [0, 0.05) is 7.11 Å². The molecule has 0 spiro atoms. The number of aromatic nitrogens is 4. The average molecular weight is 395 g/mol. The molecule has 4 atom stereocenters. The topological polar surface area (TPSA) is 91.5 Å². The summed E-state index contributed by atoms with van der Waals surface area (Å²) >= 11 is 0. The first-order valence-corrected chi connectivity index (χ1v) is 12.1. The molecule has 150 valence electrons. The number of aliphatic hydroxyl groups is 1. The van der Waals surface area contributed by atoms with Crippen molar-refractivity contribution in [2.24, 2.45) is 0 Å². The van der Waals surface area contributed by atoms with Gasteiger partial charge >= 0.3 is 0 Å². The number of aryl methyl sites for hydroxylation is 1. The number of fused-ring (bicyclic) bond motifs is 1. The van der Waals surface area contributed by atoms with Gasteiger partial charge in [-0.1, -0.05) is 20.8 Å². The number of ether oxygens (including phenoxy) is 2. The summed E-state index contributed by atoms with van der Waals surface area (Å²) in [4.78, 5) is 13.0. The van der Waals surface area contributed by atoms with Gasteiger partial charge in [-0.05, 0) is 25.1 Å². The number of imidazole rings is 1. The Morgan fingerprint density at radius 3 is 2.52 bits per heavy atom. The fourth-order valence-electron chi connectivity index (χ4n) is 3.14. The summed E-state index contributed by atoms with van der Waals surface area (Å²) < 4.78 is 20.4. The van der Waals surface area contributed by atoms with E-state index in [0.29, 0.717) is 5.65 Å². The second-order valence-corrected chi connectivity index (χ2v) is 13.3. The van der Waals surface area contributed by atoms with Crippen LogP contribution < -0.4 is 0 Å². The molecule has 9 heteroatoms. The Morgan fingerprint density at radius 2 is 1.93 bits per heavy atom. The Labute approximate surface area is 161 Å². The predicted molar refractivity (Wildman–Crippen MR) is 104 cm³/mol. The minimum Gasteiger partial charge on any atom is -0.408 e. The molecule has 0 aromatic carbocycles. The van der Waals surface area contributed by atoms with E-state index in [4.69, 9.17) is 13.9 Å². The van der Waals surface area contributed by atoms with E-state index >= 15 is 0 Å². The van der Waals surface area contributed by atoms with Crippen molar-refractivity contribution in [3.05, 3.63) is 18.3 Å². The van der Waals surface area contributed by atoms with Gasteiger partial charge in [-0.25, -0.2) is 15.0 Å². The lowest BCUT2D eigenvalue weighted by Crippen LogP contribution is -2.50. The van der Waals surface area contributed by atoms with Crippen LogP contribution in [0.1, 0.15) is 32.7 Å². The van der Waals surface area contributed by atoms with E-state index in [1.165, 1.54) is 6.33 Å². The molecule has 3 rings (SSSR count). The number of hydrogen-bond acceptors (Lipinski definition) is 7. The van der Waals surface area contributed by atoms with Crippen LogP contribution >= 0.6 is 0 Å². The highest BCUT2D eigenvalue weighted by molar-refractivity contribution is 6.74. The van der Waals surface area contributed by atoms with E-state index in [9.17, 15) is 5.11 Å². The van der Waals surface area contributed by atoms with E-state index in [2.05, 4.69) is 48.8 Å². The summed E-state index contributed by atoms with van der Waals surface area (Å²) in [5, 5.41) is 9.96. The minimum atomic E-state index is -2.08. The Bertz CT molecular complexity index is 804. The number of rotatable bonds is 5. The smallest absolute Gasteiger partial charge is 0.192 e. The summed E-state index contributed by atoms with van der Waals surface area (Å²) in [6.45, 7) is 12.7. The third-order valence-electron chi connectivity index (χ3n) is 5.79. The molecule has 1 N–H and O–H groups in total.